The number of benzene rings is 1. The summed E-state index contributed by atoms with van der Waals surface area (Å²) in [5.74, 6) is -1.77. The fourth-order valence-electron chi connectivity index (χ4n) is 0.936. The zero-order valence-electron chi connectivity index (χ0n) is 7.59. The van der Waals surface area contributed by atoms with Crippen LogP contribution in [0, 0.1) is 5.82 Å². The molecule has 1 aromatic rings. The fraction of sp³-hybridized carbons (Fsp3) is 0.111. The van der Waals surface area contributed by atoms with Crippen molar-refractivity contribution in [3.05, 3.63) is 34.6 Å². The Morgan fingerprint density at radius 3 is 2.67 bits per heavy atom. The van der Waals surface area contributed by atoms with Crippen molar-refractivity contribution < 1.29 is 14.0 Å². The predicted molar refractivity (Wildman–Crippen MR) is 52.9 cm³/mol. The number of carbonyl (C=O) groups is 2. The highest BCUT2D eigenvalue weighted by Gasteiger charge is 2.10. The summed E-state index contributed by atoms with van der Waals surface area (Å²) in [7, 11) is 0. The molecule has 0 aromatic heterocycles. The minimum atomic E-state index is -0.665. The SMILES string of the molecule is NC(=O)CNC(=O)c1ccc(F)cc1Cl. The molecule has 2 amide bonds. The minimum absolute atomic E-state index is 0.0167. The Balaban J connectivity index is 2.78. The molecule has 0 aliphatic rings. The van der Waals surface area contributed by atoms with E-state index in [4.69, 9.17) is 17.3 Å². The van der Waals surface area contributed by atoms with Crippen molar-refractivity contribution in [3.63, 3.8) is 0 Å². The molecule has 3 N–H and O–H groups in total. The van der Waals surface area contributed by atoms with Crippen LogP contribution in [-0.2, 0) is 4.79 Å². The number of rotatable bonds is 3. The maximum Gasteiger partial charge on any atom is 0.253 e. The summed E-state index contributed by atoms with van der Waals surface area (Å²) in [4.78, 5) is 21.7. The minimum Gasteiger partial charge on any atom is -0.368 e. The summed E-state index contributed by atoms with van der Waals surface area (Å²) in [6.45, 7) is -0.285. The molecular weight excluding hydrogens is 223 g/mol. The van der Waals surface area contributed by atoms with Crippen LogP contribution in [0.25, 0.3) is 0 Å². The van der Waals surface area contributed by atoms with Crippen molar-refractivity contribution >= 4 is 23.4 Å². The lowest BCUT2D eigenvalue weighted by molar-refractivity contribution is -0.117. The molecular formula is C9H8ClFN2O2. The fourth-order valence-corrected chi connectivity index (χ4v) is 1.19. The first-order valence-electron chi connectivity index (χ1n) is 4.02. The van der Waals surface area contributed by atoms with E-state index in [1.54, 1.807) is 0 Å². The van der Waals surface area contributed by atoms with Gasteiger partial charge in [0.1, 0.15) is 5.82 Å². The number of primary amides is 1. The van der Waals surface area contributed by atoms with E-state index in [1.165, 1.54) is 6.07 Å². The van der Waals surface area contributed by atoms with Gasteiger partial charge in [0.2, 0.25) is 5.91 Å². The van der Waals surface area contributed by atoms with Crippen LogP contribution in [0.4, 0.5) is 4.39 Å². The van der Waals surface area contributed by atoms with Crippen molar-refractivity contribution in [2.24, 2.45) is 5.73 Å². The van der Waals surface area contributed by atoms with E-state index in [1.807, 2.05) is 0 Å². The highest BCUT2D eigenvalue weighted by Crippen LogP contribution is 2.16. The Morgan fingerprint density at radius 2 is 2.13 bits per heavy atom. The van der Waals surface area contributed by atoms with Gasteiger partial charge < -0.3 is 11.1 Å². The maximum atomic E-state index is 12.6. The van der Waals surface area contributed by atoms with Gasteiger partial charge in [-0.15, -0.1) is 0 Å². The van der Waals surface area contributed by atoms with Crippen molar-refractivity contribution in [3.8, 4) is 0 Å². The molecule has 1 rings (SSSR count). The molecule has 6 heteroatoms. The molecule has 0 spiro atoms. The zero-order chi connectivity index (χ0) is 11.4. The summed E-state index contributed by atoms with van der Waals surface area (Å²) in [6.07, 6.45) is 0. The molecule has 0 fully saturated rings. The normalized spacial score (nSPS) is 9.73. The molecule has 0 atom stereocenters. The summed E-state index contributed by atoms with van der Waals surface area (Å²) in [5, 5.41) is 2.22. The van der Waals surface area contributed by atoms with Crippen molar-refractivity contribution in [1.29, 1.82) is 0 Å². The summed E-state index contributed by atoms with van der Waals surface area (Å²) >= 11 is 5.62. The number of nitrogens with two attached hydrogens (primary N) is 1. The summed E-state index contributed by atoms with van der Waals surface area (Å²) in [5.41, 5.74) is 4.93. The molecule has 0 aliphatic heterocycles. The molecule has 15 heavy (non-hydrogen) atoms. The van der Waals surface area contributed by atoms with E-state index in [-0.39, 0.29) is 17.1 Å². The van der Waals surface area contributed by atoms with Crippen LogP contribution in [0.15, 0.2) is 18.2 Å². The number of halogens is 2. The molecule has 1 aromatic carbocycles. The largest absolute Gasteiger partial charge is 0.368 e. The first-order valence-corrected chi connectivity index (χ1v) is 4.40. The average Bonchev–Trinajstić information content (AvgIpc) is 2.14. The maximum absolute atomic E-state index is 12.6. The Labute approximate surface area is 90.2 Å². The van der Waals surface area contributed by atoms with Crippen LogP contribution >= 0.6 is 11.6 Å². The second kappa shape index (κ2) is 4.75. The monoisotopic (exact) mass is 230 g/mol. The van der Waals surface area contributed by atoms with Crippen molar-refractivity contribution in [2.75, 3.05) is 6.54 Å². The van der Waals surface area contributed by atoms with Gasteiger partial charge in [0, 0.05) is 0 Å². The van der Waals surface area contributed by atoms with Crippen LogP contribution in [0.5, 0.6) is 0 Å². The standard InChI is InChI=1S/C9H8ClFN2O2/c10-7-3-5(11)1-2-6(7)9(15)13-4-8(12)14/h1-3H,4H2,(H2,12,14)(H,13,15). The molecule has 0 bridgehead atoms. The van der Waals surface area contributed by atoms with Gasteiger partial charge >= 0.3 is 0 Å². The number of carbonyl (C=O) groups excluding carboxylic acids is 2. The van der Waals surface area contributed by atoms with Gasteiger partial charge in [0.05, 0.1) is 17.1 Å². The molecule has 0 saturated heterocycles. The van der Waals surface area contributed by atoms with Gasteiger partial charge in [-0.2, -0.15) is 0 Å². The zero-order valence-corrected chi connectivity index (χ0v) is 8.34. The molecule has 0 unspecified atom stereocenters. The van der Waals surface area contributed by atoms with Gasteiger partial charge in [0.25, 0.3) is 5.91 Å². The first kappa shape index (κ1) is 11.5. The van der Waals surface area contributed by atoms with E-state index < -0.39 is 17.6 Å². The second-order valence-corrected chi connectivity index (χ2v) is 3.18. The van der Waals surface area contributed by atoms with E-state index in [2.05, 4.69) is 5.32 Å². The Hall–Kier alpha value is -1.62. The third-order valence-electron chi connectivity index (χ3n) is 1.60. The smallest absolute Gasteiger partial charge is 0.253 e. The van der Waals surface area contributed by atoms with Crippen LogP contribution in [0.3, 0.4) is 0 Å². The number of hydrogen-bond donors (Lipinski definition) is 2. The Morgan fingerprint density at radius 1 is 1.47 bits per heavy atom. The molecule has 0 heterocycles. The molecule has 0 saturated carbocycles. The lowest BCUT2D eigenvalue weighted by Gasteiger charge is -2.04. The number of nitrogens with one attached hydrogen (secondary N) is 1. The lowest BCUT2D eigenvalue weighted by atomic mass is 10.2. The highest BCUT2D eigenvalue weighted by molar-refractivity contribution is 6.33. The predicted octanol–water partition coefficient (Wildman–Crippen LogP) is 0.694. The van der Waals surface area contributed by atoms with Crippen LogP contribution < -0.4 is 11.1 Å². The van der Waals surface area contributed by atoms with E-state index in [0.717, 1.165) is 12.1 Å². The highest BCUT2D eigenvalue weighted by atomic mass is 35.5. The quantitative estimate of drug-likeness (QED) is 0.802. The summed E-state index contributed by atoms with van der Waals surface area (Å²) in [6, 6.07) is 3.35. The Bertz CT molecular complexity index is 409. The summed E-state index contributed by atoms with van der Waals surface area (Å²) < 4.78 is 12.6. The lowest BCUT2D eigenvalue weighted by Crippen LogP contribution is -2.33. The van der Waals surface area contributed by atoms with Crippen molar-refractivity contribution in [1.82, 2.24) is 5.32 Å². The Kier molecular flexibility index (Phi) is 3.62. The molecule has 80 valence electrons. The van der Waals surface area contributed by atoms with Gasteiger partial charge in [-0.25, -0.2) is 4.39 Å². The van der Waals surface area contributed by atoms with Gasteiger partial charge in [0.15, 0.2) is 0 Å². The van der Waals surface area contributed by atoms with Gasteiger partial charge in [-0.1, -0.05) is 11.6 Å². The second-order valence-electron chi connectivity index (χ2n) is 2.77. The number of hydrogen-bond acceptors (Lipinski definition) is 2. The van der Waals surface area contributed by atoms with Crippen LogP contribution in [0.1, 0.15) is 10.4 Å². The topological polar surface area (TPSA) is 72.2 Å². The average molecular weight is 231 g/mol. The van der Waals surface area contributed by atoms with Gasteiger partial charge in [-0.05, 0) is 18.2 Å². The van der Waals surface area contributed by atoms with Crippen LogP contribution in [-0.4, -0.2) is 18.4 Å². The van der Waals surface area contributed by atoms with Crippen molar-refractivity contribution in [2.45, 2.75) is 0 Å². The number of amides is 2. The van der Waals surface area contributed by atoms with E-state index in [9.17, 15) is 14.0 Å². The molecule has 0 radical (unpaired) electrons. The van der Waals surface area contributed by atoms with Gasteiger partial charge in [-0.3, -0.25) is 9.59 Å². The third-order valence-corrected chi connectivity index (χ3v) is 1.91. The molecule has 0 aliphatic carbocycles. The first-order chi connectivity index (χ1) is 7.00. The third kappa shape index (κ3) is 3.21. The van der Waals surface area contributed by atoms with Crippen LogP contribution in [0.2, 0.25) is 5.02 Å². The van der Waals surface area contributed by atoms with E-state index >= 15 is 0 Å². The molecule has 4 nitrogen and oxygen atoms in total. The van der Waals surface area contributed by atoms with E-state index in [0.29, 0.717) is 0 Å².